The lowest BCUT2D eigenvalue weighted by atomic mass is 10.0. The lowest BCUT2D eigenvalue weighted by molar-refractivity contribution is 0.540. The molecule has 0 radical (unpaired) electrons. The Morgan fingerprint density at radius 3 is 2.87 bits per heavy atom. The van der Waals surface area contributed by atoms with Crippen LogP contribution in [-0.2, 0) is 0 Å². The molecule has 2 aromatic rings. The second kappa shape index (κ2) is 3.38. The first-order chi connectivity index (χ1) is 7.15. The van der Waals surface area contributed by atoms with E-state index in [1.165, 1.54) is 6.07 Å². The quantitative estimate of drug-likeness (QED) is 0.748. The smallest absolute Gasteiger partial charge is 0.192 e. The highest BCUT2D eigenvalue weighted by atomic mass is 16.2. The van der Waals surface area contributed by atoms with Gasteiger partial charge in [-0.3, -0.25) is 4.79 Å². The van der Waals surface area contributed by atoms with Crippen LogP contribution in [0.1, 0.15) is 25.3 Å². The van der Waals surface area contributed by atoms with E-state index in [1.54, 1.807) is 16.9 Å². The summed E-state index contributed by atoms with van der Waals surface area (Å²) in [4.78, 5) is 11.5. The second-order valence-electron chi connectivity index (χ2n) is 3.77. The molecule has 15 heavy (non-hydrogen) atoms. The predicted octanol–water partition coefficient (Wildman–Crippen LogP) is 0.833. The van der Waals surface area contributed by atoms with Gasteiger partial charge < -0.3 is 5.11 Å². The van der Waals surface area contributed by atoms with Crippen molar-refractivity contribution >= 4 is 11.8 Å². The molecule has 0 aliphatic rings. The Balaban J connectivity index is 3.01. The Bertz CT molecular complexity index is 599. The molecule has 0 aliphatic heterocycles. The van der Waals surface area contributed by atoms with Crippen LogP contribution in [-0.4, -0.2) is 14.7 Å². The molecule has 0 amide bonds. The summed E-state index contributed by atoms with van der Waals surface area (Å²) in [5.41, 5.74) is 1.47. The Morgan fingerprint density at radius 1 is 1.53 bits per heavy atom. The molecule has 0 aromatic carbocycles. The number of aliphatic hydroxyl groups is 1. The molecule has 0 saturated carbocycles. The van der Waals surface area contributed by atoms with Crippen molar-refractivity contribution in [3.05, 3.63) is 39.5 Å². The average Bonchev–Trinajstić information content (AvgIpc) is 2.61. The molecule has 0 saturated heterocycles. The minimum atomic E-state index is -0.188. The SMILES string of the molecule is CC(C)c1cnn2ccc(=O)/c(=C/O)c12. The van der Waals surface area contributed by atoms with Crippen LogP contribution in [0.4, 0.5) is 0 Å². The third-order valence-electron chi connectivity index (χ3n) is 2.46. The number of fused-ring (bicyclic) bond motifs is 1. The second-order valence-corrected chi connectivity index (χ2v) is 3.77. The van der Waals surface area contributed by atoms with Gasteiger partial charge in [0.25, 0.3) is 0 Å². The minimum Gasteiger partial charge on any atom is -0.515 e. The molecule has 0 atom stereocenters. The molecule has 2 aromatic heterocycles. The van der Waals surface area contributed by atoms with E-state index in [2.05, 4.69) is 5.10 Å². The highest BCUT2D eigenvalue weighted by molar-refractivity contribution is 5.57. The Morgan fingerprint density at radius 2 is 2.27 bits per heavy atom. The van der Waals surface area contributed by atoms with Crippen molar-refractivity contribution in [1.82, 2.24) is 9.61 Å². The van der Waals surface area contributed by atoms with Crippen molar-refractivity contribution in [3.63, 3.8) is 0 Å². The number of hydrogen-bond donors (Lipinski definition) is 1. The molecule has 0 fully saturated rings. The first kappa shape index (κ1) is 9.71. The maximum absolute atomic E-state index is 11.5. The van der Waals surface area contributed by atoms with Gasteiger partial charge in [0.15, 0.2) is 5.43 Å². The van der Waals surface area contributed by atoms with Crippen molar-refractivity contribution in [2.24, 2.45) is 0 Å². The van der Waals surface area contributed by atoms with Crippen LogP contribution in [0, 0.1) is 0 Å². The summed E-state index contributed by atoms with van der Waals surface area (Å²) < 4.78 is 1.61. The fourth-order valence-electron chi connectivity index (χ4n) is 1.66. The minimum absolute atomic E-state index is 0.188. The zero-order valence-electron chi connectivity index (χ0n) is 8.64. The Labute approximate surface area is 86.5 Å². The number of hydrogen-bond acceptors (Lipinski definition) is 3. The number of pyridine rings is 1. The van der Waals surface area contributed by atoms with E-state index in [1.807, 2.05) is 13.8 Å². The van der Waals surface area contributed by atoms with E-state index in [9.17, 15) is 4.79 Å². The third-order valence-corrected chi connectivity index (χ3v) is 2.46. The van der Waals surface area contributed by atoms with Gasteiger partial charge in [-0.05, 0) is 5.92 Å². The van der Waals surface area contributed by atoms with Crippen LogP contribution >= 0.6 is 0 Å². The first-order valence-corrected chi connectivity index (χ1v) is 4.80. The summed E-state index contributed by atoms with van der Waals surface area (Å²) in [5.74, 6) is 0.267. The highest BCUT2D eigenvalue weighted by Gasteiger charge is 2.10. The van der Waals surface area contributed by atoms with Crippen molar-refractivity contribution in [2.75, 3.05) is 0 Å². The van der Waals surface area contributed by atoms with Crippen LogP contribution in [0.5, 0.6) is 0 Å². The maximum atomic E-state index is 11.5. The van der Waals surface area contributed by atoms with E-state index >= 15 is 0 Å². The average molecular weight is 204 g/mol. The first-order valence-electron chi connectivity index (χ1n) is 4.80. The summed E-state index contributed by atoms with van der Waals surface area (Å²) in [6.07, 6.45) is 4.19. The molecule has 4 heteroatoms. The van der Waals surface area contributed by atoms with Gasteiger partial charge in [-0.2, -0.15) is 5.10 Å². The van der Waals surface area contributed by atoms with Crippen LogP contribution in [0.2, 0.25) is 0 Å². The van der Waals surface area contributed by atoms with Gasteiger partial charge in [0, 0.05) is 17.8 Å². The van der Waals surface area contributed by atoms with Crippen molar-refractivity contribution in [1.29, 1.82) is 0 Å². The van der Waals surface area contributed by atoms with E-state index in [0.717, 1.165) is 11.8 Å². The summed E-state index contributed by atoms with van der Waals surface area (Å²) in [5, 5.41) is 13.5. The van der Waals surface area contributed by atoms with E-state index in [-0.39, 0.29) is 11.3 Å². The van der Waals surface area contributed by atoms with Gasteiger partial charge in [0.1, 0.15) is 0 Å². The van der Waals surface area contributed by atoms with Crippen molar-refractivity contribution < 1.29 is 5.11 Å². The zero-order chi connectivity index (χ0) is 11.0. The number of rotatable bonds is 1. The van der Waals surface area contributed by atoms with Crippen molar-refractivity contribution in [3.8, 4) is 0 Å². The van der Waals surface area contributed by atoms with Gasteiger partial charge in [0.05, 0.1) is 23.2 Å². The predicted molar refractivity (Wildman–Crippen MR) is 57.9 cm³/mol. The lowest BCUT2D eigenvalue weighted by Crippen LogP contribution is -2.26. The molecular weight excluding hydrogens is 192 g/mol. The molecule has 1 N–H and O–H groups in total. The van der Waals surface area contributed by atoms with Crippen LogP contribution in [0.15, 0.2) is 23.3 Å². The summed E-state index contributed by atoms with van der Waals surface area (Å²) in [6.45, 7) is 4.05. The number of aromatic nitrogens is 2. The molecule has 2 heterocycles. The van der Waals surface area contributed by atoms with Crippen LogP contribution < -0.4 is 10.6 Å². The summed E-state index contributed by atoms with van der Waals surface area (Å²) in [6, 6.07) is 1.40. The molecule has 78 valence electrons. The molecular formula is C11H12N2O2. The van der Waals surface area contributed by atoms with Gasteiger partial charge in [-0.15, -0.1) is 0 Å². The largest absolute Gasteiger partial charge is 0.515 e. The maximum Gasteiger partial charge on any atom is 0.192 e. The Kier molecular flexibility index (Phi) is 2.19. The topological polar surface area (TPSA) is 54.6 Å². The fraction of sp³-hybridized carbons (Fsp3) is 0.273. The summed E-state index contributed by atoms with van der Waals surface area (Å²) in [7, 11) is 0. The van der Waals surface area contributed by atoms with Crippen LogP contribution in [0.25, 0.3) is 11.8 Å². The molecule has 0 spiro atoms. The zero-order valence-corrected chi connectivity index (χ0v) is 8.64. The van der Waals surface area contributed by atoms with Gasteiger partial charge in [-0.25, -0.2) is 4.52 Å². The van der Waals surface area contributed by atoms with Gasteiger partial charge >= 0.3 is 0 Å². The van der Waals surface area contributed by atoms with E-state index < -0.39 is 0 Å². The number of nitrogens with zero attached hydrogens (tertiary/aromatic N) is 2. The van der Waals surface area contributed by atoms with E-state index in [4.69, 9.17) is 5.11 Å². The Hall–Kier alpha value is -1.84. The van der Waals surface area contributed by atoms with Gasteiger partial charge in [0.2, 0.25) is 0 Å². The summed E-state index contributed by atoms with van der Waals surface area (Å²) >= 11 is 0. The standard InChI is InChI=1S/C11H12N2O2/c1-7(2)8-5-12-13-4-3-10(15)9(6-14)11(8)13/h3-7,14H,1-2H3/b9-6-. The molecule has 0 bridgehead atoms. The van der Waals surface area contributed by atoms with Crippen molar-refractivity contribution in [2.45, 2.75) is 19.8 Å². The monoisotopic (exact) mass is 204 g/mol. The lowest BCUT2D eigenvalue weighted by Gasteiger charge is -2.01. The van der Waals surface area contributed by atoms with E-state index in [0.29, 0.717) is 10.7 Å². The molecule has 0 unspecified atom stereocenters. The third kappa shape index (κ3) is 1.38. The normalized spacial score (nSPS) is 12.9. The molecule has 2 rings (SSSR count). The fourth-order valence-corrected chi connectivity index (χ4v) is 1.66. The molecule has 0 aliphatic carbocycles. The van der Waals surface area contributed by atoms with Gasteiger partial charge in [-0.1, -0.05) is 13.8 Å². The van der Waals surface area contributed by atoms with Crippen LogP contribution in [0.3, 0.4) is 0 Å². The number of aliphatic hydroxyl groups excluding tert-OH is 1. The molecule has 4 nitrogen and oxygen atoms in total. The highest BCUT2D eigenvalue weighted by Crippen LogP contribution is 2.16.